The van der Waals surface area contributed by atoms with Crippen LogP contribution in [-0.2, 0) is 20.7 Å². The van der Waals surface area contributed by atoms with Gasteiger partial charge in [-0.3, -0.25) is 14.4 Å². The fourth-order valence-corrected chi connectivity index (χ4v) is 4.93. The molecule has 1 aliphatic heterocycles. The molecule has 0 unspecified atom stereocenters. The minimum atomic E-state index is -0.837. The van der Waals surface area contributed by atoms with Gasteiger partial charge in [-0.2, -0.15) is 0 Å². The minimum absolute atomic E-state index is 0.0404. The molecular weight excluding hydrogens is 515 g/mol. The molecule has 0 spiro atoms. The van der Waals surface area contributed by atoms with Gasteiger partial charge in [0.1, 0.15) is 23.2 Å². The Labute approximate surface area is 233 Å². The summed E-state index contributed by atoms with van der Waals surface area (Å²) in [6, 6.07) is 10.2. The summed E-state index contributed by atoms with van der Waals surface area (Å²) >= 11 is 0. The van der Waals surface area contributed by atoms with Crippen molar-refractivity contribution >= 4 is 23.4 Å². The van der Waals surface area contributed by atoms with Crippen molar-refractivity contribution < 1.29 is 23.5 Å². The molecule has 1 fully saturated rings. The average molecular weight is 553 g/mol. The number of imidazole rings is 1. The number of ether oxygens (including phenoxy) is 1. The molecule has 11 heteroatoms. The summed E-state index contributed by atoms with van der Waals surface area (Å²) in [4.78, 5) is 47.8. The lowest BCUT2D eigenvalue weighted by Gasteiger charge is -2.33. The number of likely N-dealkylation sites (N-methyl/N-ethyl adjacent to an activating group) is 1. The highest BCUT2D eigenvalue weighted by Gasteiger charge is 2.36. The van der Waals surface area contributed by atoms with Crippen molar-refractivity contribution in [2.24, 2.45) is 0 Å². The standard InChI is InChI=1S/C29H37FN6O4/c1-20(31-2)27(37)33-25(19-40-3)29(39)36-15-6-7-23(36)17-35(16-13-21-9-11-22(30)12-10-21)28(38)24-18-34-14-5-4-8-26(34)32-24/h4-5,8-12,14,18,20,23,25,31H,6-7,13,15-17,19H2,1-3H3,(H,33,37)/t20-,23-,25-/m0/s1. The van der Waals surface area contributed by atoms with Crippen molar-refractivity contribution in [1.82, 2.24) is 29.8 Å². The first-order valence-electron chi connectivity index (χ1n) is 13.5. The van der Waals surface area contributed by atoms with E-state index < -0.39 is 12.1 Å². The Morgan fingerprint density at radius 1 is 1.20 bits per heavy atom. The van der Waals surface area contributed by atoms with Crippen LogP contribution in [0.5, 0.6) is 0 Å². The van der Waals surface area contributed by atoms with E-state index in [4.69, 9.17) is 4.74 Å². The number of likely N-dealkylation sites (tertiary alicyclic amines) is 1. The van der Waals surface area contributed by atoms with Gasteiger partial charge in [-0.05, 0) is 63.1 Å². The number of methoxy groups -OCH3 is 1. The van der Waals surface area contributed by atoms with Gasteiger partial charge in [0.05, 0.1) is 12.6 Å². The van der Waals surface area contributed by atoms with Gasteiger partial charge >= 0.3 is 0 Å². The highest BCUT2D eigenvalue weighted by atomic mass is 19.1. The van der Waals surface area contributed by atoms with Gasteiger partial charge < -0.3 is 29.6 Å². The number of carbonyl (C=O) groups is 3. The molecule has 1 aromatic carbocycles. The van der Waals surface area contributed by atoms with E-state index in [1.807, 2.05) is 24.4 Å². The molecule has 3 atom stereocenters. The Balaban J connectivity index is 1.53. The number of hydrogen-bond acceptors (Lipinski definition) is 6. The number of aromatic nitrogens is 2. The van der Waals surface area contributed by atoms with Gasteiger partial charge in [-0.1, -0.05) is 18.2 Å². The lowest BCUT2D eigenvalue weighted by Crippen LogP contribution is -2.56. The molecule has 0 radical (unpaired) electrons. The Hall–Kier alpha value is -3.83. The van der Waals surface area contributed by atoms with Gasteiger partial charge in [-0.15, -0.1) is 0 Å². The van der Waals surface area contributed by atoms with E-state index in [1.165, 1.54) is 19.2 Å². The van der Waals surface area contributed by atoms with Gasteiger partial charge in [0, 0.05) is 45.2 Å². The van der Waals surface area contributed by atoms with Crippen molar-refractivity contribution in [3.63, 3.8) is 0 Å². The molecule has 0 aliphatic carbocycles. The molecule has 3 heterocycles. The number of halogens is 1. The molecule has 2 aromatic heterocycles. The van der Waals surface area contributed by atoms with E-state index in [1.54, 1.807) is 46.5 Å². The minimum Gasteiger partial charge on any atom is -0.382 e. The highest BCUT2D eigenvalue weighted by Crippen LogP contribution is 2.21. The van der Waals surface area contributed by atoms with Gasteiger partial charge in [0.25, 0.3) is 5.91 Å². The molecule has 1 saturated heterocycles. The zero-order valence-corrected chi connectivity index (χ0v) is 23.2. The van der Waals surface area contributed by atoms with E-state index >= 15 is 0 Å². The van der Waals surface area contributed by atoms with Crippen LogP contribution in [0.25, 0.3) is 5.65 Å². The molecule has 3 amide bonds. The Morgan fingerprint density at radius 3 is 2.67 bits per heavy atom. The van der Waals surface area contributed by atoms with E-state index in [9.17, 15) is 18.8 Å². The van der Waals surface area contributed by atoms with Crippen molar-refractivity contribution in [2.45, 2.75) is 44.3 Å². The molecule has 0 saturated carbocycles. The monoisotopic (exact) mass is 552 g/mol. The summed E-state index contributed by atoms with van der Waals surface area (Å²) in [7, 11) is 3.16. The molecule has 40 heavy (non-hydrogen) atoms. The number of amides is 3. The quantitative estimate of drug-likeness (QED) is 0.355. The molecule has 1 aliphatic rings. The van der Waals surface area contributed by atoms with Crippen molar-refractivity contribution in [3.8, 4) is 0 Å². The van der Waals surface area contributed by atoms with E-state index in [-0.39, 0.29) is 36.2 Å². The van der Waals surface area contributed by atoms with E-state index in [2.05, 4.69) is 15.6 Å². The number of rotatable bonds is 12. The Morgan fingerprint density at radius 2 is 1.98 bits per heavy atom. The fraction of sp³-hybridized carbons (Fsp3) is 0.448. The summed E-state index contributed by atoms with van der Waals surface area (Å²) in [5.74, 6) is -1.09. The predicted molar refractivity (Wildman–Crippen MR) is 148 cm³/mol. The highest BCUT2D eigenvalue weighted by molar-refractivity contribution is 5.93. The maximum atomic E-state index is 13.7. The van der Waals surface area contributed by atoms with Gasteiger partial charge in [0.2, 0.25) is 11.8 Å². The van der Waals surface area contributed by atoms with Gasteiger partial charge in [0.15, 0.2) is 0 Å². The molecule has 0 bridgehead atoms. The maximum absolute atomic E-state index is 13.7. The summed E-state index contributed by atoms with van der Waals surface area (Å²) in [6.45, 7) is 2.95. The van der Waals surface area contributed by atoms with Crippen LogP contribution in [-0.4, -0.2) is 95.4 Å². The topological polar surface area (TPSA) is 108 Å². The zero-order chi connectivity index (χ0) is 28.6. The second-order valence-electron chi connectivity index (χ2n) is 10.1. The predicted octanol–water partition coefficient (Wildman–Crippen LogP) is 1.89. The first kappa shape index (κ1) is 29.2. The largest absolute Gasteiger partial charge is 0.382 e. The second-order valence-corrected chi connectivity index (χ2v) is 10.1. The number of hydrogen-bond donors (Lipinski definition) is 2. The number of nitrogens with one attached hydrogen (secondary N) is 2. The van der Waals surface area contributed by atoms with E-state index in [0.717, 1.165) is 18.4 Å². The lowest BCUT2D eigenvalue weighted by molar-refractivity contribution is -0.139. The number of fused-ring (bicyclic) bond motifs is 1. The van der Waals surface area contributed by atoms with Crippen LogP contribution in [0.3, 0.4) is 0 Å². The van der Waals surface area contributed by atoms with E-state index in [0.29, 0.717) is 37.4 Å². The molecular formula is C29H37FN6O4. The summed E-state index contributed by atoms with van der Waals surface area (Å²) in [5, 5.41) is 5.67. The third-order valence-corrected chi connectivity index (χ3v) is 7.32. The summed E-state index contributed by atoms with van der Waals surface area (Å²) in [5.41, 5.74) is 1.87. The lowest BCUT2D eigenvalue weighted by atomic mass is 10.1. The zero-order valence-electron chi connectivity index (χ0n) is 23.2. The van der Waals surface area contributed by atoms with Crippen LogP contribution in [0.4, 0.5) is 4.39 Å². The number of benzene rings is 1. The Kier molecular flexibility index (Phi) is 9.84. The molecule has 3 aromatic rings. The van der Waals surface area contributed by atoms with Crippen LogP contribution in [0.1, 0.15) is 35.8 Å². The number of nitrogens with zero attached hydrogens (tertiary/aromatic N) is 4. The van der Waals surface area contributed by atoms with Crippen molar-refractivity contribution in [2.75, 3.05) is 40.4 Å². The summed E-state index contributed by atoms with van der Waals surface area (Å²) < 4.78 is 20.5. The molecule has 4 rings (SSSR count). The molecule has 214 valence electrons. The fourth-order valence-electron chi connectivity index (χ4n) is 4.93. The maximum Gasteiger partial charge on any atom is 0.274 e. The van der Waals surface area contributed by atoms with Gasteiger partial charge in [-0.25, -0.2) is 9.37 Å². The number of carbonyl (C=O) groups excluding carboxylic acids is 3. The SMILES string of the molecule is CN[C@@H](C)C(=O)N[C@@H](COC)C(=O)N1CCC[C@H]1CN(CCc1ccc(F)cc1)C(=O)c1cn2ccccc2n1. The molecule has 2 N–H and O–H groups in total. The first-order chi connectivity index (χ1) is 19.3. The van der Waals surface area contributed by atoms with Crippen LogP contribution < -0.4 is 10.6 Å². The smallest absolute Gasteiger partial charge is 0.274 e. The molecule has 10 nitrogen and oxygen atoms in total. The third kappa shape index (κ3) is 7.02. The van der Waals surface area contributed by atoms with Crippen LogP contribution in [0.2, 0.25) is 0 Å². The van der Waals surface area contributed by atoms with Crippen molar-refractivity contribution in [3.05, 3.63) is 71.9 Å². The van der Waals surface area contributed by atoms with Crippen molar-refractivity contribution in [1.29, 1.82) is 0 Å². The normalized spacial score (nSPS) is 16.6. The van der Waals surface area contributed by atoms with Crippen LogP contribution >= 0.6 is 0 Å². The third-order valence-electron chi connectivity index (χ3n) is 7.32. The number of pyridine rings is 1. The Bertz CT molecular complexity index is 1280. The summed E-state index contributed by atoms with van der Waals surface area (Å²) in [6.07, 6.45) is 5.55. The first-order valence-corrected chi connectivity index (χ1v) is 13.5. The second kappa shape index (κ2) is 13.5. The average Bonchev–Trinajstić information content (AvgIpc) is 3.61. The van der Waals surface area contributed by atoms with Crippen LogP contribution in [0, 0.1) is 5.82 Å². The van der Waals surface area contributed by atoms with Crippen LogP contribution in [0.15, 0.2) is 54.9 Å².